The second-order valence-electron chi connectivity index (χ2n) is 5.34. The van der Waals surface area contributed by atoms with E-state index in [1.165, 1.54) is 0 Å². The molecule has 108 valence electrons. The van der Waals surface area contributed by atoms with Crippen molar-refractivity contribution >= 4 is 5.91 Å². The first-order chi connectivity index (χ1) is 8.85. The smallest absolute Gasteiger partial charge is 0.257 e. The van der Waals surface area contributed by atoms with Crippen molar-refractivity contribution in [1.82, 2.24) is 14.7 Å². The van der Waals surface area contributed by atoms with Crippen molar-refractivity contribution < 1.29 is 9.90 Å². The number of rotatable bonds is 6. The minimum Gasteiger partial charge on any atom is -0.394 e. The maximum atomic E-state index is 12.4. The molecule has 1 aromatic rings. The zero-order valence-corrected chi connectivity index (χ0v) is 12.2. The Kier molecular flexibility index (Phi) is 5.08. The van der Waals surface area contributed by atoms with Crippen molar-refractivity contribution in [3.8, 4) is 0 Å². The van der Waals surface area contributed by atoms with Crippen LogP contribution in [-0.4, -0.2) is 51.4 Å². The molecule has 1 rings (SSSR count). The van der Waals surface area contributed by atoms with Gasteiger partial charge < -0.3 is 15.7 Å². The maximum Gasteiger partial charge on any atom is 0.257 e. The van der Waals surface area contributed by atoms with Crippen LogP contribution in [0.15, 0.2) is 6.20 Å². The predicted octanol–water partition coefficient (Wildman–Crippen LogP) is 0.383. The molecule has 0 radical (unpaired) electrons. The number of amides is 1. The van der Waals surface area contributed by atoms with E-state index in [-0.39, 0.29) is 12.5 Å². The number of nitrogens with zero attached hydrogens (tertiary/aromatic N) is 3. The minimum atomic E-state index is -0.594. The SMILES string of the molecule is Cc1c(C(=O)N(C)C(C)(C)CO)cnn1CCCN. The normalized spacial score (nSPS) is 11.7. The Morgan fingerprint density at radius 1 is 1.58 bits per heavy atom. The Balaban J connectivity index is 2.92. The number of carbonyl (C=O) groups excluding carboxylic acids is 1. The van der Waals surface area contributed by atoms with Crippen molar-refractivity contribution in [2.45, 2.75) is 39.3 Å². The van der Waals surface area contributed by atoms with Gasteiger partial charge in [-0.3, -0.25) is 9.48 Å². The van der Waals surface area contributed by atoms with Gasteiger partial charge in [0.1, 0.15) is 0 Å². The third-order valence-corrected chi connectivity index (χ3v) is 3.51. The number of aromatic nitrogens is 2. The van der Waals surface area contributed by atoms with Crippen molar-refractivity contribution in [3.63, 3.8) is 0 Å². The molecule has 0 atom stereocenters. The number of carbonyl (C=O) groups is 1. The lowest BCUT2D eigenvalue weighted by Gasteiger charge is -2.33. The molecule has 19 heavy (non-hydrogen) atoms. The Morgan fingerprint density at radius 2 is 2.21 bits per heavy atom. The summed E-state index contributed by atoms with van der Waals surface area (Å²) >= 11 is 0. The van der Waals surface area contributed by atoms with E-state index in [1.807, 2.05) is 20.8 Å². The number of aliphatic hydroxyl groups excluding tert-OH is 1. The van der Waals surface area contributed by atoms with Crippen LogP contribution in [0.5, 0.6) is 0 Å². The Labute approximate surface area is 114 Å². The predicted molar refractivity (Wildman–Crippen MR) is 73.9 cm³/mol. The summed E-state index contributed by atoms with van der Waals surface area (Å²) in [4.78, 5) is 13.9. The van der Waals surface area contributed by atoms with Gasteiger partial charge in [0.2, 0.25) is 0 Å². The quantitative estimate of drug-likeness (QED) is 0.781. The third-order valence-electron chi connectivity index (χ3n) is 3.51. The molecule has 1 aromatic heterocycles. The molecule has 0 aliphatic carbocycles. The molecular formula is C13H24N4O2. The standard InChI is InChI=1S/C13H24N4O2/c1-10-11(8-15-17(10)7-5-6-14)12(19)16(4)13(2,3)9-18/h8,18H,5-7,9,14H2,1-4H3. The van der Waals surface area contributed by atoms with Crippen LogP contribution >= 0.6 is 0 Å². The van der Waals surface area contributed by atoms with E-state index in [0.717, 1.165) is 12.1 Å². The highest BCUT2D eigenvalue weighted by molar-refractivity contribution is 5.95. The van der Waals surface area contributed by atoms with Crippen LogP contribution in [0.1, 0.15) is 36.3 Å². The van der Waals surface area contributed by atoms with E-state index >= 15 is 0 Å². The summed E-state index contributed by atoms with van der Waals surface area (Å²) in [6.45, 7) is 6.73. The fraction of sp³-hybridized carbons (Fsp3) is 0.692. The molecule has 3 N–H and O–H groups in total. The van der Waals surface area contributed by atoms with Gasteiger partial charge in [-0.05, 0) is 33.7 Å². The second-order valence-corrected chi connectivity index (χ2v) is 5.34. The van der Waals surface area contributed by atoms with Crippen LogP contribution in [-0.2, 0) is 6.54 Å². The fourth-order valence-electron chi connectivity index (χ4n) is 1.68. The zero-order valence-electron chi connectivity index (χ0n) is 12.2. The first-order valence-corrected chi connectivity index (χ1v) is 6.46. The lowest BCUT2D eigenvalue weighted by molar-refractivity contribution is 0.0472. The first kappa shape index (κ1) is 15.7. The number of hydrogen-bond donors (Lipinski definition) is 2. The van der Waals surface area contributed by atoms with Crippen LogP contribution in [0.4, 0.5) is 0 Å². The number of aryl methyl sites for hydroxylation is 1. The van der Waals surface area contributed by atoms with Gasteiger partial charge in [0, 0.05) is 19.3 Å². The van der Waals surface area contributed by atoms with Crippen LogP contribution in [0.3, 0.4) is 0 Å². The van der Waals surface area contributed by atoms with Gasteiger partial charge in [-0.2, -0.15) is 5.10 Å². The molecule has 0 saturated heterocycles. The molecule has 0 aromatic carbocycles. The van der Waals surface area contributed by atoms with Crippen molar-refractivity contribution in [1.29, 1.82) is 0 Å². The van der Waals surface area contributed by atoms with Crippen molar-refractivity contribution in [3.05, 3.63) is 17.5 Å². The molecule has 1 heterocycles. The van der Waals surface area contributed by atoms with E-state index in [2.05, 4.69) is 5.10 Å². The van der Waals surface area contributed by atoms with Crippen molar-refractivity contribution in [2.24, 2.45) is 5.73 Å². The molecule has 1 amide bonds. The number of likely N-dealkylation sites (N-methyl/N-ethyl adjacent to an activating group) is 1. The van der Waals surface area contributed by atoms with Gasteiger partial charge in [-0.15, -0.1) is 0 Å². The fourth-order valence-corrected chi connectivity index (χ4v) is 1.68. The molecule has 0 spiro atoms. The van der Waals surface area contributed by atoms with E-state index in [0.29, 0.717) is 18.7 Å². The second kappa shape index (κ2) is 6.16. The zero-order chi connectivity index (χ0) is 14.6. The largest absolute Gasteiger partial charge is 0.394 e. The molecule has 0 aliphatic rings. The Hall–Kier alpha value is -1.40. The van der Waals surface area contributed by atoms with Gasteiger partial charge in [0.15, 0.2) is 0 Å². The molecule has 0 fully saturated rings. The third kappa shape index (κ3) is 3.33. The first-order valence-electron chi connectivity index (χ1n) is 6.46. The summed E-state index contributed by atoms with van der Waals surface area (Å²) in [6, 6.07) is 0. The number of hydrogen-bond acceptors (Lipinski definition) is 4. The summed E-state index contributed by atoms with van der Waals surface area (Å²) in [6.07, 6.45) is 2.41. The summed E-state index contributed by atoms with van der Waals surface area (Å²) in [5.74, 6) is -0.129. The number of nitrogens with two attached hydrogens (primary N) is 1. The van der Waals surface area contributed by atoms with E-state index in [9.17, 15) is 9.90 Å². The highest BCUT2D eigenvalue weighted by Crippen LogP contribution is 2.17. The molecule has 0 unspecified atom stereocenters. The van der Waals surface area contributed by atoms with E-state index in [1.54, 1.807) is 22.8 Å². The maximum absolute atomic E-state index is 12.4. The van der Waals surface area contributed by atoms with Crippen LogP contribution in [0.25, 0.3) is 0 Å². The lowest BCUT2D eigenvalue weighted by atomic mass is 10.0. The average molecular weight is 268 g/mol. The molecule has 6 nitrogen and oxygen atoms in total. The van der Waals surface area contributed by atoms with Gasteiger partial charge in [-0.1, -0.05) is 0 Å². The Bertz CT molecular complexity index is 440. The average Bonchev–Trinajstić information content (AvgIpc) is 2.75. The van der Waals surface area contributed by atoms with E-state index in [4.69, 9.17) is 5.73 Å². The molecular weight excluding hydrogens is 244 g/mol. The topological polar surface area (TPSA) is 84.4 Å². The summed E-state index contributed by atoms with van der Waals surface area (Å²) in [5, 5.41) is 13.5. The monoisotopic (exact) mass is 268 g/mol. The molecule has 6 heteroatoms. The van der Waals surface area contributed by atoms with Gasteiger partial charge in [0.25, 0.3) is 5.91 Å². The van der Waals surface area contributed by atoms with Crippen molar-refractivity contribution in [2.75, 3.05) is 20.2 Å². The van der Waals surface area contributed by atoms with Gasteiger partial charge >= 0.3 is 0 Å². The van der Waals surface area contributed by atoms with Crippen LogP contribution < -0.4 is 5.73 Å². The van der Waals surface area contributed by atoms with Gasteiger partial charge in [-0.25, -0.2) is 0 Å². The summed E-state index contributed by atoms with van der Waals surface area (Å²) in [5.41, 5.74) is 6.28. The highest BCUT2D eigenvalue weighted by Gasteiger charge is 2.29. The number of aliphatic hydroxyl groups is 1. The lowest BCUT2D eigenvalue weighted by Crippen LogP contribution is -2.47. The summed E-state index contributed by atoms with van der Waals surface area (Å²) in [7, 11) is 1.69. The Morgan fingerprint density at radius 3 is 2.74 bits per heavy atom. The highest BCUT2D eigenvalue weighted by atomic mass is 16.3. The molecule has 0 aliphatic heterocycles. The van der Waals surface area contributed by atoms with Crippen LogP contribution in [0.2, 0.25) is 0 Å². The van der Waals surface area contributed by atoms with E-state index < -0.39 is 5.54 Å². The van der Waals surface area contributed by atoms with Crippen LogP contribution in [0, 0.1) is 6.92 Å². The summed E-state index contributed by atoms with van der Waals surface area (Å²) < 4.78 is 1.79. The molecule has 0 saturated carbocycles. The minimum absolute atomic E-state index is 0.0877. The van der Waals surface area contributed by atoms with Gasteiger partial charge in [0.05, 0.1) is 23.9 Å². The molecule has 0 bridgehead atoms.